The van der Waals surface area contributed by atoms with Gasteiger partial charge >= 0.3 is 6.61 Å². The van der Waals surface area contributed by atoms with E-state index in [-0.39, 0.29) is 27.7 Å². The van der Waals surface area contributed by atoms with E-state index in [1.54, 1.807) is 18.2 Å². The van der Waals surface area contributed by atoms with Gasteiger partial charge in [0.25, 0.3) is 10.0 Å². The number of phenols is 1. The molecule has 130 valence electrons. The third-order valence-corrected chi connectivity index (χ3v) is 4.63. The highest BCUT2D eigenvalue weighted by Gasteiger charge is 2.17. The van der Waals surface area contributed by atoms with Crippen LogP contribution >= 0.6 is 0 Å². The van der Waals surface area contributed by atoms with Crippen molar-refractivity contribution in [1.29, 1.82) is 0 Å². The number of alkyl halides is 2. The van der Waals surface area contributed by atoms with Gasteiger partial charge < -0.3 is 9.84 Å². The highest BCUT2D eigenvalue weighted by molar-refractivity contribution is 7.92. The number of ether oxygens (including phenoxy) is 1. The first-order valence-electron chi connectivity index (χ1n) is 7.01. The van der Waals surface area contributed by atoms with Crippen LogP contribution in [0.3, 0.4) is 0 Å². The number of halogens is 2. The average Bonchev–Trinajstić information content (AvgIpc) is 2.55. The topological polar surface area (TPSA) is 88.5 Å². The van der Waals surface area contributed by atoms with Crippen molar-refractivity contribution in [2.75, 3.05) is 4.72 Å². The Labute approximate surface area is 141 Å². The lowest BCUT2D eigenvalue weighted by atomic mass is 10.2. The van der Waals surface area contributed by atoms with Crippen molar-refractivity contribution >= 4 is 26.7 Å². The molecule has 0 unspecified atom stereocenters. The number of nitrogens with zero attached hydrogens (tertiary/aromatic N) is 1. The van der Waals surface area contributed by atoms with Gasteiger partial charge in [-0.2, -0.15) is 8.78 Å². The predicted octanol–water partition coefficient (Wildman–Crippen LogP) is 3.34. The third-order valence-electron chi connectivity index (χ3n) is 3.28. The van der Waals surface area contributed by atoms with Crippen LogP contribution in [-0.2, 0) is 10.0 Å². The first kappa shape index (κ1) is 16.9. The molecule has 1 heterocycles. The molecule has 0 spiro atoms. The van der Waals surface area contributed by atoms with Gasteiger partial charge in [0.2, 0.25) is 0 Å². The van der Waals surface area contributed by atoms with Gasteiger partial charge in [-0.3, -0.25) is 4.72 Å². The highest BCUT2D eigenvalue weighted by Crippen LogP contribution is 2.25. The Morgan fingerprint density at radius 2 is 1.84 bits per heavy atom. The predicted molar refractivity (Wildman–Crippen MR) is 87.3 cm³/mol. The molecule has 0 saturated heterocycles. The first-order chi connectivity index (χ1) is 11.8. The van der Waals surface area contributed by atoms with E-state index in [4.69, 9.17) is 0 Å². The van der Waals surface area contributed by atoms with Gasteiger partial charge in [-0.1, -0.05) is 18.2 Å². The number of pyridine rings is 1. The summed E-state index contributed by atoms with van der Waals surface area (Å²) in [6.07, 6.45) is 0. The minimum absolute atomic E-state index is 0.0193. The van der Waals surface area contributed by atoms with E-state index in [1.165, 1.54) is 30.3 Å². The van der Waals surface area contributed by atoms with Crippen LogP contribution in [0.25, 0.3) is 10.9 Å². The van der Waals surface area contributed by atoms with Crippen molar-refractivity contribution < 1.29 is 27.0 Å². The quantitative estimate of drug-likeness (QED) is 0.723. The van der Waals surface area contributed by atoms with Gasteiger partial charge in [-0.15, -0.1) is 0 Å². The highest BCUT2D eigenvalue weighted by atomic mass is 32.2. The molecule has 9 heteroatoms. The average molecular weight is 366 g/mol. The second-order valence-electron chi connectivity index (χ2n) is 5.00. The molecule has 0 aliphatic rings. The Kier molecular flexibility index (Phi) is 4.41. The molecule has 6 nitrogen and oxygen atoms in total. The standard InChI is InChI=1S/C16H12F2N2O4S/c17-16(18)24-11-4-2-5-12(9-11)25(22,23)20-14-8-7-10-3-1-6-13(21)15(10)19-14/h1-9,16,21H,(H,19,20). The molecule has 2 N–H and O–H groups in total. The van der Waals surface area contributed by atoms with Crippen LogP contribution < -0.4 is 9.46 Å². The van der Waals surface area contributed by atoms with Gasteiger partial charge in [0, 0.05) is 11.5 Å². The van der Waals surface area contributed by atoms with Crippen molar-refractivity contribution in [2.45, 2.75) is 11.5 Å². The van der Waals surface area contributed by atoms with Gasteiger partial charge in [-0.25, -0.2) is 13.4 Å². The molecule has 0 atom stereocenters. The number of rotatable bonds is 5. The molecule has 0 fully saturated rings. The fraction of sp³-hybridized carbons (Fsp3) is 0.0625. The van der Waals surface area contributed by atoms with Crippen LogP contribution in [0.1, 0.15) is 0 Å². The maximum absolute atomic E-state index is 12.4. The lowest BCUT2D eigenvalue weighted by molar-refractivity contribution is -0.0499. The first-order valence-corrected chi connectivity index (χ1v) is 8.50. The van der Waals surface area contributed by atoms with Crippen molar-refractivity contribution in [3.05, 3.63) is 54.6 Å². The molecule has 0 saturated carbocycles. The summed E-state index contributed by atoms with van der Waals surface area (Å²) < 4.78 is 55.8. The minimum Gasteiger partial charge on any atom is -0.506 e. The summed E-state index contributed by atoms with van der Waals surface area (Å²) in [5.74, 6) is -0.387. The van der Waals surface area contributed by atoms with Crippen LogP contribution in [0.15, 0.2) is 59.5 Å². The fourth-order valence-electron chi connectivity index (χ4n) is 2.20. The molecular weight excluding hydrogens is 354 g/mol. The van der Waals surface area contributed by atoms with Crippen molar-refractivity contribution in [3.63, 3.8) is 0 Å². The summed E-state index contributed by atoms with van der Waals surface area (Å²) in [6.45, 7) is -3.06. The van der Waals surface area contributed by atoms with E-state index in [0.29, 0.717) is 5.39 Å². The molecule has 0 amide bonds. The van der Waals surface area contributed by atoms with Crippen molar-refractivity contribution in [1.82, 2.24) is 4.98 Å². The van der Waals surface area contributed by atoms with E-state index in [9.17, 15) is 22.3 Å². The zero-order valence-electron chi connectivity index (χ0n) is 12.6. The van der Waals surface area contributed by atoms with Gasteiger partial charge in [0.05, 0.1) is 4.90 Å². The summed E-state index contributed by atoms with van der Waals surface area (Å²) in [5.41, 5.74) is 0.234. The summed E-state index contributed by atoms with van der Waals surface area (Å²) in [5, 5.41) is 10.4. The number of anilines is 1. The van der Waals surface area contributed by atoms with Crippen LogP contribution in [0, 0.1) is 0 Å². The summed E-state index contributed by atoms with van der Waals surface area (Å²) >= 11 is 0. The third kappa shape index (κ3) is 3.77. The number of aromatic hydroxyl groups is 1. The fourth-order valence-corrected chi connectivity index (χ4v) is 3.24. The summed E-state index contributed by atoms with van der Waals surface area (Å²) in [7, 11) is -4.07. The summed E-state index contributed by atoms with van der Waals surface area (Å²) in [4.78, 5) is 3.81. The van der Waals surface area contributed by atoms with Crippen molar-refractivity contribution in [3.8, 4) is 11.5 Å². The van der Waals surface area contributed by atoms with Gasteiger partial charge in [0.1, 0.15) is 22.8 Å². The van der Waals surface area contributed by atoms with Gasteiger partial charge in [0.15, 0.2) is 0 Å². The Balaban J connectivity index is 1.92. The van der Waals surface area contributed by atoms with Gasteiger partial charge in [-0.05, 0) is 30.3 Å². The lowest BCUT2D eigenvalue weighted by Gasteiger charge is -2.10. The number of phenolic OH excluding ortho intramolecular Hbond substituents is 1. The van der Waals surface area contributed by atoms with Crippen molar-refractivity contribution in [2.24, 2.45) is 0 Å². The normalized spacial score (nSPS) is 11.6. The molecule has 0 aliphatic heterocycles. The SMILES string of the molecule is O=S(=O)(Nc1ccc2cccc(O)c2n1)c1cccc(OC(F)F)c1. The number of benzene rings is 2. The van der Waals surface area contributed by atoms with E-state index < -0.39 is 16.6 Å². The molecule has 25 heavy (non-hydrogen) atoms. The Morgan fingerprint density at radius 1 is 1.08 bits per heavy atom. The number of nitrogens with one attached hydrogen (secondary N) is 1. The molecular formula is C16H12F2N2O4S. The zero-order valence-corrected chi connectivity index (χ0v) is 13.4. The van der Waals surface area contributed by atoms with E-state index in [0.717, 1.165) is 6.07 Å². The van der Waals surface area contributed by atoms with Crippen LogP contribution in [0.4, 0.5) is 14.6 Å². The second kappa shape index (κ2) is 6.52. The Bertz CT molecular complexity index is 1030. The second-order valence-corrected chi connectivity index (χ2v) is 6.69. The lowest BCUT2D eigenvalue weighted by Crippen LogP contribution is -2.14. The molecule has 1 aromatic heterocycles. The summed E-state index contributed by atoms with van der Waals surface area (Å²) in [6, 6.07) is 12.5. The number of fused-ring (bicyclic) bond motifs is 1. The minimum atomic E-state index is -4.07. The van der Waals surface area contributed by atoms with E-state index >= 15 is 0 Å². The number of hydrogen-bond acceptors (Lipinski definition) is 5. The molecule has 3 aromatic rings. The van der Waals surface area contributed by atoms with Crippen LogP contribution in [-0.4, -0.2) is 25.1 Å². The number of para-hydroxylation sites is 1. The van der Waals surface area contributed by atoms with E-state index in [2.05, 4.69) is 14.4 Å². The molecule has 0 radical (unpaired) electrons. The monoisotopic (exact) mass is 366 g/mol. The maximum atomic E-state index is 12.4. The number of aromatic nitrogens is 1. The number of hydrogen-bond donors (Lipinski definition) is 2. The zero-order chi connectivity index (χ0) is 18.0. The van der Waals surface area contributed by atoms with Crippen LogP contribution in [0.5, 0.6) is 11.5 Å². The molecule has 0 bridgehead atoms. The Morgan fingerprint density at radius 3 is 2.60 bits per heavy atom. The number of sulfonamides is 1. The molecule has 0 aliphatic carbocycles. The molecule has 3 rings (SSSR count). The Hall–Kier alpha value is -2.94. The maximum Gasteiger partial charge on any atom is 0.387 e. The van der Waals surface area contributed by atoms with E-state index in [1.807, 2.05) is 0 Å². The smallest absolute Gasteiger partial charge is 0.387 e. The molecule has 2 aromatic carbocycles. The van der Waals surface area contributed by atoms with Crippen LogP contribution in [0.2, 0.25) is 0 Å². The largest absolute Gasteiger partial charge is 0.506 e.